The summed E-state index contributed by atoms with van der Waals surface area (Å²) in [6.07, 6.45) is 0.656. The number of rotatable bonds is 2. The van der Waals surface area contributed by atoms with Crippen LogP contribution in [0.5, 0.6) is 11.5 Å². The van der Waals surface area contributed by atoms with E-state index in [1.54, 1.807) is 0 Å². The summed E-state index contributed by atoms with van der Waals surface area (Å²) in [7, 11) is 0. The Hall–Kier alpha value is -1.22. The zero-order chi connectivity index (χ0) is 11.9. The summed E-state index contributed by atoms with van der Waals surface area (Å²) >= 11 is 0. The Balaban J connectivity index is 2.48. The van der Waals surface area contributed by atoms with E-state index in [9.17, 15) is 0 Å². The van der Waals surface area contributed by atoms with E-state index in [-0.39, 0.29) is 6.61 Å². The third-order valence-electron chi connectivity index (χ3n) is 3.00. The fourth-order valence-corrected chi connectivity index (χ4v) is 2.04. The van der Waals surface area contributed by atoms with Gasteiger partial charge in [0, 0.05) is 20.5 Å². The quantitative estimate of drug-likeness (QED) is 0.834. The van der Waals surface area contributed by atoms with Crippen LogP contribution in [0.3, 0.4) is 0 Å². The van der Waals surface area contributed by atoms with Crippen molar-refractivity contribution in [3.8, 4) is 11.5 Å². The highest BCUT2D eigenvalue weighted by Crippen LogP contribution is 2.44. The van der Waals surface area contributed by atoms with Gasteiger partial charge in [-0.25, -0.2) is 0 Å². The molecule has 0 unspecified atom stereocenters. The minimum atomic E-state index is -0.586. The van der Waals surface area contributed by atoms with Crippen LogP contribution in [-0.2, 0) is 6.42 Å². The van der Waals surface area contributed by atoms with Crippen LogP contribution < -0.4 is 9.47 Å². The van der Waals surface area contributed by atoms with Gasteiger partial charge in [0.1, 0.15) is 0 Å². The summed E-state index contributed by atoms with van der Waals surface area (Å²) in [5.41, 5.74) is 3.40. The van der Waals surface area contributed by atoms with E-state index in [0.29, 0.717) is 6.42 Å². The lowest BCUT2D eigenvalue weighted by atomic mass is 9.99. The fourth-order valence-electron chi connectivity index (χ4n) is 2.04. The highest BCUT2D eigenvalue weighted by Gasteiger charge is 2.33. The molecule has 0 radical (unpaired) electrons. The van der Waals surface area contributed by atoms with Gasteiger partial charge >= 0.3 is 0 Å². The molecule has 0 fully saturated rings. The summed E-state index contributed by atoms with van der Waals surface area (Å²) in [5.74, 6) is 1.04. The summed E-state index contributed by atoms with van der Waals surface area (Å²) in [6.45, 7) is 8.03. The predicted molar refractivity (Wildman–Crippen MR) is 62.0 cm³/mol. The maximum Gasteiger partial charge on any atom is 0.246 e. The monoisotopic (exact) mass is 222 g/mol. The van der Waals surface area contributed by atoms with E-state index < -0.39 is 5.79 Å². The number of ether oxygens (including phenoxy) is 2. The number of benzene rings is 1. The van der Waals surface area contributed by atoms with Gasteiger partial charge in [-0.2, -0.15) is 0 Å². The minimum absolute atomic E-state index is 0.156. The SMILES string of the molecule is Cc1c(CCO)cc2c(c1C)OC(C)(C)O2. The van der Waals surface area contributed by atoms with Crippen LogP contribution in [0.25, 0.3) is 0 Å². The first kappa shape index (κ1) is 11.3. The zero-order valence-electron chi connectivity index (χ0n) is 10.3. The van der Waals surface area contributed by atoms with Crippen molar-refractivity contribution in [2.75, 3.05) is 6.61 Å². The van der Waals surface area contributed by atoms with E-state index in [1.807, 2.05) is 26.8 Å². The number of aliphatic hydroxyl groups is 1. The molecular formula is C13H18O3. The van der Waals surface area contributed by atoms with Gasteiger partial charge in [-0.3, -0.25) is 0 Å². The van der Waals surface area contributed by atoms with Gasteiger partial charge in [0.2, 0.25) is 5.79 Å². The Morgan fingerprint density at radius 2 is 1.88 bits per heavy atom. The minimum Gasteiger partial charge on any atom is -0.449 e. The molecule has 0 spiro atoms. The molecule has 0 saturated heterocycles. The average Bonchev–Trinajstić information content (AvgIpc) is 2.50. The molecule has 2 rings (SSSR count). The summed E-state index contributed by atoms with van der Waals surface area (Å²) in [5, 5.41) is 9.01. The molecular weight excluding hydrogens is 204 g/mol. The van der Waals surface area contributed by atoms with Crippen molar-refractivity contribution in [2.45, 2.75) is 39.9 Å². The molecule has 0 saturated carbocycles. The van der Waals surface area contributed by atoms with Crippen LogP contribution in [0.15, 0.2) is 6.07 Å². The van der Waals surface area contributed by atoms with E-state index in [2.05, 4.69) is 6.92 Å². The number of hydrogen-bond acceptors (Lipinski definition) is 3. The van der Waals surface area contributed by atoms with Gasteiger partial charge in [0.05, 0.1) is 0 Å². The van der Waals surface area contributed by atoms with E-state index in [0.717, 1.165) is 22.6 Å². The molecule has 88 valence electrons. The maximum atomic E-state index is 9.01. The lowest BCUT2D eigenvalue weighted by Crippen LogP contribution is -2.29. The Morgan fingerprint density at radius 1 is 1.19 bits per heavy atom. The number of aliphatic hydroxyl groups excluding tert-OH is 1. The lowest BCUT2D eigenvalue weighted by molar-refractivity contribution is -0.0434. The normalized spacial score (nSPS) is 16.6. The molecule has 0 aliphatic carbocycles. The van der Waals surface area contributed by atoms with Crippen molar-refractivity contribution >= 4 is 0 Å². The van der Waals surface area contributed by atoms with Crippen LogP contribution in [0.2, 0.25) is 0 Å². The van der Waals surface area contributed by atoms with Crippen LogP contribution in [0.1, 0.15) is 30.5 Å². The van der Waals surface area contributed by atoms with E-state index >= 15 is 0 Å². The number of hydrogen-bond donors (Lipinski definition) is 1. The van der Waals surface area contributed by atoms with Crippen molar-refractivity contribution in [1.29, 1.82) is 0 Å². The Bertz CT molecular complexity index is 422. The molecule has 0 amide bonds. The molecule has 0 aromatic heterocycles. The Labute approximate surface area is 96.0 Å². The number of fused-ring (bicyclic) bond motifs is 1. The van der Waals surface area contributed by atoms with Crippen LogP contribution in [0, 0.1) is 13.8 Å². The van der Waals surface area contributed by atoms with Gasteiger partial charge in [-0.15, -0.1) is 0 Å². The topological polar surface area (TPSA) is 38.7 Å². The average molecular weight is 222 g/mol. The molecule has 16 heavy (non-hydrogen) atoms. The van der Waals surface area contributed by atoms with E-state index in [4.69, 9.17) is 14.6 Å². The van der Waals surface area contributed by atoms with Crippen LogP contribution in [-0.4, -0.2) is 17.5 Å². The summed E-state index contributed by atoms with van der Waals surface area (Å²) < 4.78 is 11.5. The predicted octanol–water partition coefficient (Wildman–Crippen LogP) is 2.35. The standard InChI is InChI=1S/C13H18O3/c1-8-9(2)12-11(7-10(8)5-6-14)15-13(3,4)16-12/h7,14H,5-6H2,1-4H3. The molecule has 1 N–H and O–H groups in total. The molecule has 1 aromatic rings. The molecule has 3 heteroatoms. The zero-order valence-corrected chi connectivity index (χ0v) is 10.3. The van der Waals surface area contributed by atoms with Crippen LogP contribution >= 0.6 is 0 Å². The highest BCUT2D eigenvalue weighted by atomic mass is 16.7. The maximum absolute atomic E-state index is 9.01. The van der Waals surface area contributed by atoms with Crippen molar-refractivity contribution in [3.63, 3.8) is 0 Å². The van der Waals surface area contributed by atoms with Gasteiger partial charge < -0.3 is 14.6 Å². The second-order valence-electron chi connectivity index (χ2n) is 4.69. The van der Waals surface area contributed by atoms with Gasteiger partial charge in [-0.05, 0) is 43.0 Å². The third-order valence-corrected chi connectivity index (χ3v) is 3.00. The second-order valence-corrected chi connectivity index (χ2v) is 4.69. The molecule has 1 heterocycles. The largest absolute Gasteiger partial charge is 0.449 e. The second kappa shape index (κ2) is 3.67. The smallest absolute Gasteiger partial charge is 0.246 e. The molecule has 1 aliphatic rings. The molecule has 1 aromatic carbocycles. The summed E-state index contributed by atoms with van der Waals surface area (Å²) in [6, 6.07) is 1.97. The van der Waals surface area contributed by atoms with Gasteiger partial charge in [0.15, 0.2) is 11.5 Å². The van der Waals surface area contributed by atoms with Crippen molar-refractivity contribution in [2.24, 2.45) is 0 Å². The molecule has 0 atom stereocenters. The highest BCUT2D eigenvalue weighted by molar-refractivity contribution is 5.55. The first-order valence-corrected chi connectivity index (χ1v) is 5.56. The Morgan fingerprint density at radius 3 is 2.50 bits per heavy atom. The first-order valence-electron chi connectivity index (χ1n) is 5.56. The van der Waals surface area contributed by atoms with Crippen molar-refractivity contribution in [3.05, 3.63) is 22.8 Å². The fraction of sp³-hybridized carbons (Fsp3) is 0.538. The van der Waals surface area contributed by atoms with E-state index in [1.165, 1.54) is 5.56 Å². The Kier molecular flexibility index (Phi) is 2.58. The van der Waals surface area contributed by atoms with Gasteiger partial charge in [0.25, 0.3) is 0 Å². The third kappa shape index (κ3) is 1.76. The lowest BCUT2D eigenvalue weighted by Gasteiger charge is -2.16. The summed E-state index contributed by atoms with van der Waals surface area (Å²) in [4.78, 5) is 0. The van der Waals surface area contributed by atoms with Crippen LogP contribution in [0.4, 0.5) is 0 Å². The van der Waals surface area contributed by atoms with Crippen molar-refractivity contribution in [1.82, 2.24) is 0 Å². The van der Waals surface area contributed by atoms with Gasteiger partial charge in [-0.1, -0.05) is 0 Å². The molecule has 3 nitrogen and oxygen atoms in total. The first-order chi connectivity index (χ1) is 7.44. The van der Waals surface area contributed by atoms with Crippen molar-refractivity contribution < 1.29 is 14.6 Å². The molecule has 1 aliphatic heterocycles. The molecule has 0 bridgehead atoms.